The van der Waals surface area contributed by atoms with E-state index in [4.69, 9.17) is 11.6 Å². The minimum atomic E-state index is -4.50. The van der Waals surface area contributed by atoms with Crippen LogP contribution in [0.4, 0.5) is 24.7 Å². The second kappa shape index (κ2) is 4.99. The van der Waals surface area contributed by atoms with E-state index in [1.54, 1.807) is 6.07 Å². The lowest BCUT2D eigenvalue weighted by Gasteiger charge is -2.28. The molecule has 2 aliphatic rings. The van der Waals surface area contributed by atoms with Crippen molar-refractivity contribution >= 4 is 23.1 Å². The van der Waals surface area contributed by atoms with Crippen LogP contribution in [-0.4, -0.2) is 29.1 Å². The Bertz CT molecular complexity index is 778. The first-order chi connectivity index (χ1) is 10.9. The third-order valence-corrected chi connectivity index (χ3v) is 4.44. The van der Waals surface area contributed by atoms with Crippen molar-refractivity contribution in [3.05, 3.63) is 35.1 Å². The summed E-state index contributed by atoms with van der Waals surface area (Å²) in [6.07, 6.45) is -2.37. The molecule has 2 aromatic rings. The molecule has 1 N–H and O–H groups in total. The van der Waals surface area contributed by atoms with Crippen LogP contribution in [0.15, 0.2) is 24.4 Å². The maximum Gasteiger partial charge on any atom is 0.433 e. The van der Waals surface area contributed by atoms with Gasteiger partial charge in [0.05, 0.1) is 16.4 Å². The lowest BCUT2D eigenvalue weighted by molar-refractivity contribution is -0.141. The Kier molecular flexibility index (Phi) is 3.16. The molecular formula is C15H12ClF3N4. The first-order valence-electron chi connectivity index (χ1n) is 7.17. The van der Waals surface area contributed by atoms with Crippen LogP contribution in [-0.2, 0) is 6.18 Å². The molecule has 1 atom stereocenters. The SMILES string of the molecule is FC(F)(F)c1cc(-c2nc3c(cc2Cl)N2CC[C@@H](C2)N3)ccn1. The van der Waals surface area contributed by atoms with Crippen molar-refractivity contribution in [1.29, 1.82) is 0 Å². The highest BCUT2D eigenvalue weighted by Gasteiger charge is 2.34. The van der Waals surface area contributed by atoms with Crippen LogP contribution in [0.1, 0.15) is 12.1 Å². The van der Waals surface area contributed by atoms with Crippen molar-refractivity contribution in [1.82, 2.24) is 9.97 Å². The molecule has 4 nitrogen and oxygen atoms in total. The molecule has 0 aliphatic carbocycles. The summed E-state index contributed by atoms with van der Waals surface area (Å²) in [5, 5.41) is 3.65. The Morgan fingerprint density at radius 3 is 2.91 bits per heavy atom. The van der Waals surface area contributed by atoms with E-state index in [1.165, 1.54) is 6.07 Å². The van der Waals surface area contributed by atoms with E-state index < -0.39 is 11.9 Å². The molecule has 0 aromatic carbocycles. The summed E-state index contributed by atoms with van der Waals surface area (Å²) in [5.41, 5.74) is 0.572. The van der Waals surface area contributed by atoms with Gasteiger partial charge in [0.1, 0.15) is 5.69 Å². The van der Waals surface area contributed by atoms with Crippen molar-refractivity contribution in [3.63, 3.8) is 0 Å². The predicted molar refractivity (Wildman–Crippen MR) is 81.7 cm³/mol. The summed E-state index contributed by atoms with van der Waals surface area (Å²) >= 11 is 6.28. The molecule has 0 amide bonds. The molecule has 2 aromatic heterocycles. The van der Waals surface area contributed by atoms with Gasteiger partial charge >= 0.3 is 6.18 Å². The van der Waals surface area contributed by atoms with E-state index in [1.807, 2.05) is 0 Å². The van der Waals surface area contributed by atoms with Gasteiger partial charge in [-0.2, -0.15) is 13.2 Å². The lowest BCUT2D eigenvalue weighted by Crippen LogP contribution is -2.32. The molecule has 0 radical (unpaired) electrons. The number of rotatable bonds is 1. The average molecular weight is 341 g/mol. The largest absolute Gasteiger partial charge is 0.433 e. The molecule has 4 heterocycles. The number of hydrogen-bond donors (Lipinski definition) is 1. The Labute approximate surface area is 135 Å². The summed E-state index contributed by atoms with van der Waals surface area (Å²) in [4.78, 5) is 10.0. The zero-order valence-electron chi connectivity index (χ0n) is 11.9. The summed E-state index contributed by atoms with van der Waals surface area (Å²) in [5.74, 6) is 0.670. The number of nitrogens with one attached hydrogen (secondary N) is 1. The number of pyridine rings is 2. The van der Waals surface area contributed by atoms with Crippen molar-refractivity contribution < 1.29 is 13.2 Å². The third-order valence-electron chi connectivity index (χ3n) is 4.15. The van der Waals surface area contributed by atoms with E-state index in [9.17, 15) is 13.2 Å². The normalized spacial score (nSPS) is 19.5. The average Bonchev–Trinajstić information content (AvgIpc) is 2.90. The predicted octanol–water partition coefficient (Wildman–Crippen LogP) is 3.82. The fourth-order valence-corrected chi connectivity index (χ4v) is 3.31. The second-order valence-corrected chi connectivity index (χ2v) is 6.10. The van der Waals surface area contributed by atoms with Crippen molar-refractivity contribution in [2.75, 3.05) is 23.3 Å². The van der Waals surface area contributed by atoms with Gasteiger partial charge in [-0.15, -0.1) is 0 Å². The molecule has 0 unspecified atom stereocenters. The number of fused-ring (bicyclic) bond motifs is 4. The van der Waals surface area contributed by atoms with E-state index in [0.717, 1.165) is 37.5 Å². The van der Waals surface area contributed by atoms with Crippen LogP contribution in [0.5, 0.6) is 0 Å². The highest BCUT2D eigenvalue weighted by atomic mass is 35.5. The highest BCUT2D eigenvalue weighted by Crippen LogP contribution is 2.40. The van der Waals surface area contributed by atoms with Gasteiger partial charge in [0.25, 0.3) is 0 Å². The zero-order valence-corrected chi connectivity index (χ0v) is 12.6. The molecule has 1 fully saturated rings. The van der Waals surface area contributed by atoms with Crippen LogP contribution >= 0.6 is 11.6 Å². The minimum Gasteiger partial charge on any atom is -0.366 e. The van der Waals surface area contributed by atoms with Gasteiger partial charge in [0.15, 0.2) is 5.82 Å². The van der Waals surface area contributed by atoms with Crippen molar-refractivity contribution in [2.45, 2.75) is 18.6 Å². The fourth-order valence-electron chi connectivity index (χ4n) is 3.05. The van der Waals surface area contributed by atoms with Gasteiger partial charge in [-0.3, -0.25) is 4.98 Å². The number of anilines is 2. The maximum atomic E-state index is 12.8. The number of hydrogen-bond acceptors (Lipinski definition) is 4. The number of alkyl halides is 3. The van der Waals surface area contributed by atoms with Gasteiger partial charge in [0, 0.05) is 30.9 Å². The molecule has 23 heavy (non-hydrogen) atoms. The van der Waals surface area contributed by atoms with Gasteiger partial charge in [-0.25, -0.2) is 4.98 Å². The maximum absolute atomic E-state index is 12.8. The first-order valence-corrected chi connectivity index (χ1v) is 7.55. The Balaban J connectivity index is 1.80. The van der Waals surface area contributed by atoms with Gasteiger partial charge in [-0.1, -0.05) is 11.6 Å². The van der Waals surface area contributed by atoms with Crippen LogP contribution < -0.4 is 10.2 Å². The van der Waals surface area contributed by atoms with Gasteiger partial charge < -0.3 is 10.2 Å². The molecule has 120 valence electrons. The second-order valence-electron chi connectivity index (χ2n) is 5.69. The first kappa shape index (κ1) is 14.6. The van der Waals surface area contributed by atoms with Crippen LogP contribution in [0, 0.1) is 0 Å². The summed E-state index contributed by atoms with van der Waals surface area (Å²) in [6.45, 7) is 1.83. The van der Waals surface area contributed by atoms with Crippen LogP contribution in [0.25, 0.3) is 11.3 Å². The van der Waals surface area contributed by atoms with E-state index >= 15 is 0 Å². The van der Waals surface area contributed by atoms with Crippen molar-refractivity contribution in [3.8, 4) is 11.3 Å². The summed E-state index contributed by atoms with van der Waals surface area (Å²) < 4.78 is 38.5. The lowest BCUT2D eigenvalue weighted by atomic mass is 10.1. The van der Waals surface area contributed by atoms with E-state index in [0.29, 0.717) is 28.1 Å². The van der Waals surface area contributed by atoms with Crippen molar-refractivity contribution in [2.24, 2.45) is 0 Å². The number of aromatic nitrogens is 2. The van der Waals surface area contributed by atoms with E-state index in [2.05, 4.69) is 20.2 Å². The summed E-state index contributed by atoms with van der Waals surface area (Å²) in [7, 11) is 0. The van der Waals surface area contributed by atoms with E-state index in [-0.39, 0.29) is 0 Å². The summed E-state index contributed by atoms with van der Waals surface area (Å²) in [6, 6.07) is 4.54. The monoisotopic (exact) mass is 340 g/mol. The topological polar surface area (TPSA) is 41.1 Å². The standard InChI is InChI=1S/C15H12ClF3N4/c16-10-6-11-14(21-9-2-4-23(11)7-9)22-13(10)8-1-3-20-12(5-8)15(17,18)19/h1,3,5-6,9H,2,4,7H2,(H,21,22)/t9-/m0/s1. The third kappa shape index (κ3) is 2.49. The van der Waals surface area contributed by atoms with Gasteiger partial charge in [-0.05, 0) is 24.6 Å². The molecule has 2 bridgehead atoms. The molecule has 0 spiro atoms. The molecule has 0 saturated carbocycles. The Morgan fingerprint density at radius 1 is 1.30 bits per heavy atom. The quantitative estimate of drug-likeness (QED) is 0.857. The molecule has 2 aliphatic heterocycles. The van der Waals surface area contributed by atoms with Crippen LogP contribution in [0.2, 0.25) is 5.02 Å². The molecule has 1 saturated heterocycles. The highest BCUT2D eigenvalue weighted by molar-refractivity contribution is 6.33. The molecule has 8 heteroatoms. The zero-order chi connectivity index (χ0) is 16.2. The number of nitrogens with zero attached hydrogens (tertiary/aromatic N) is 3. The Hall–Kier alpha value is -2.02. The Morgan fingerprint density at radius 2 is 2.13 bits per heavy atom. The van der Waals surface area contributed by atoms with Gasteiger partial charge in [0.2, 0.25) is 0 Å². The minimum absolute atomic E-state index is 0.301. The molecule has 4 rings (SSSR count). The fraction of sp³-hybridized carbons (Fsp3) is 0.333. The smallest absolute Gasteiger partial charge is 0.366 e. The molecular weight excluding hydrogens is 329 g/mol. The number of halogens is 4. The van der Waals surface area contributed by atoms with Crippen LogP contribution in [0.3, 0.4) is 0 Å².